The molecule has 3 rings (SSSR count). The van der Waals surface area contributed by atoms with Gasteiger partial charge in [-0.1, -0.05) is 18.2 Å². The summed E-state index contributed by atoms with van der Waals surface area (Å²) >= 11 is 0. The average Bonchev–Trinajstić information content (AvgIpc) is 2.71. The maximum Gasteiger partial charge on any atom is 0.268 e. The largest absolute Gasteiger partial charge is 0.347 e. The standard InChI is InChI=1S/C12H10N2O/c15-12-11-6-3-7-14(11)10-5-2-1-4-9(10)8-13-12/h1-7H,8H2,(H,13,15). The van der Waals surface area contributed by atoms with E-state index >= 15 is 0 Å². The molecule has 0 radical (unpaired) electrons. The third kappa shape index (κ3) is 1.16. The fourth-order valence-electron chi connectivity index (χ4n) is 1.94. The second-order valence-electron chi connectivity index (χ2n) is 3.57. The van der Waals surface area contributed by atoms with Crippen LogP contribution in [0.2, 0.25) is 0 Å². The van der Waals surface area contributed by atoms with Crippen LogP contribution in [0.1, 0.15) is 16.1 Å². The normalized spacial score (nSPS) is 13.7. The number of amides is 1. The van der Waals surface area contributed by atoms with Crippen molar-refractivity contribution in [3.63, 3.8) is 0 Å². The number of hydrogen-bond acceptors (Lipinski definition) is 1. The number of carbonyl (C=O) groups is 1. The van der Waals surface area contributed by atoms with Gasteiger partial charge in [-0.15, -0.1) is 0 Å². The molecule has 1 aliphatic heterocycles. The number of nitrogens with zero attached hydrogens (tertiary/aromatic N) is 1. The molecule has 0 saturated carbocycles. The van der Waals surface area contributed by atoms with Gasteiger partial charge in [0.25, 0.3) is 5.91 Å². The Kier molecular flexibility index (Phi) is 1.65. The van der Waals surface area contributed by atoms with Crippen molar-refractivity contribution in [2.24, 2.45) is 0 Å². The van der Waals surface area contributed by atoms with Crippen molar-refractivity contribution in [1.82, 2.24) is 9.88 Å². The molecule has 1 N–H and O–H groups in total. The van der Waals surface area contributed by atoms with Gasteiger partial charge in [-0.05, 0) is 23.8 Å². The van der Waals surface area contributed by atoms with Crippen molar-refractivity contribution >= 4 is 5.91 Å². The summed E-state index contributed by atoms with van der Waals surface area (Å²) in [5.41, 5.74) is 2.91. The van der Waals surface area contributed by atoms with Gasteiger partial charge in [-0.3, -0.25) is 4.79 Å². The molecular weight excluding hydrogens is 188 g/mol. The Morgan fingerprint density at radius 1 is 1.13 bits per heavy atom. The van der Waals surface area contributed by atoms with E-state index in [9.17, 15) is 4.79 Å². The number of fused-ring (bicyclic) bond motifs is 3. The van der Waals surface area contributed by atoms with Gasteiger partial charge in [0.1, 0.15) is 5.69 Å². The molecule has 3 heteroatoms. The van der Waals surface area contributed by atoms with E-state index in [2.05, 4.69) is 5.32 Å². The number of hydrogen-bond donors (Lipinski definition) is 1. The topological polar surface area (TPSA) is 34.0 Å². The summed E-state index contributed by atoms with van der Waals surface area (Å²) in [5.74, 6) is -0.0174. The van der Waals surface area contributed by atoms with Crippen LogP contribution in [0.25, 0.3) is 5.69 Å². The first-order valence-electron chi connectivity index (χ1n) is 4.90. The lowest BCUT2D eigenvalue weighted by Crippen LogP contribution is -2.21. The van der Waals surface area contributed by atoms with E-state index < -0.39 is 0 Å². The molecule has 15 heavy (non-hydrogen) atoms. The second kappa shape index (κ2) is 2.98. The third-order valence-corrected chi connectivity index (χ3v) is 2.67. The molecule has 74 valence electrons. The minimum Gasteiger partial charge on any atom is -0.347 e. The molecule has 2 heterocycles. The zero-order valence-electron chi connectivity index (χ0n) is 8.10. The van der Waals surface area contributed by atoms with Gasteiger partial charge in [0.2, 0.25) is 0 Å². The molecule has 0 saturated heterocycles. The van der Waals surface area contributed by atoms with E-state index in [-0.39, 0.29) is 5.91 Å². The Balaban J connectivity index is 2.31. The summed E-state index contributed by atoms with van der Waals surface area (Å²) < 4.78 is 1.93. The summed E-state index contributed by atoms with van der Waals surface area (Å²) in [6.07, 6.45) is 1.92. The van der Waals surface area contributed by atoms with Gasteiger partial charge in [0, 0.05) is 12.7 Å². The van der Waals surface area contributed by atoms with Crippen molar-refractivity contribution < 1.29 is 4.79 Å². The molecule has 0 aliphatic carbocycles. The van der Waals surface area contributed by atoms with Gasteiger partial charge in [-0.2, -0.15) is 0 Å². The Hall–Kier alpha value is -2.03. The molecule has 0 spiro atoms. The smallest absolute Gasteiger partial charge is 0.268 e. The van der Waals surface area contributed by atoms with Crippen LogP contribution in [-0.4, -0.2) is 10.5 Å². The molecule has 1 aromatic carbocycles. The number of carbonyl (C=O) groups excluding carboxylic acids is 1. The molecule has 0 bridgehead atoms. The maximum atomic E-state index is 11.7. The van der Waals surface area contributed by atoms with Crippen molar-refractivity contribution in [3.8, 4) is 5.69 Å². The van der Waals surface area contributed by atoms with Crippen molar-refractivity contribution in [3.05, 3.63) is 53.9 Å². The number of rotatable bonds is 0. The minimum absolute atomic E-state index is 0.0174. The number of nitrogens with one attached hydrogen (secondary N) is 1. The highest BCUT2D eigenvalue weighted by atomic mass is 16.1. The van der Waals surface area contributed by atoms with Crippen LogP contribution in [-0.2, 0) is 6.54 Å². The first-order valence-corrected chi connectivity index (χ1v) is 4.90. The number of para-hydroxylation sites is 1. The minimum atomic E-state index is -0.0174. The lowest BCUT2D eigenvalue weighted by Gasteiger charge is -2.07. The fraction of sp³-hybridized carbons (Fsp3) is 0.0833. The van der Waals surface area contributed by atoms with E-state index in [1.54, 1.807) is 0 Å². The molecule has 2 aromatic rings. The Morgan fingerprint density at radius 3 is 2.93 bits per heavy atom. The van der Waals surface area contributed by atoms with Crippen LogP contribution < -0.4 is 5.32 Å². The molecule has 0 atom stereocenters. The summed E-state index contributed by atoms with van der Waals surface area (Å²) in [5, 5.41) is 2.88. The Labute approximate surface area is 87.3 Å². The highest BCUT2D eigenvalue weighted by Crippen LogP contribution is 2.20. The van der Waals surface area contributed by atoms with Gasteiger partial charge < -0.3 is 9.88 Å². The van der Waals surface area contributed by atoms with Gasteiger partial charge in [-0.25, -0.2) is 0 Å². The maximum absolute atomic E-state index is 11.7. The monoisotopic (exact) mass is 198 g/mol. The molecular formula is C12H10N2O. The zero-order valence-corrected chi connectivity index (χ0v) is 8.10. The lowest BCUT2D eigenvalue weighted by molar-refractivity contribution is 0.0946. The van der Waals surface area contributed by atoms with Crippen molar-refractivity contribution in [2.45, 2.75) is 6.54 Å². The summed E-state index contributed by atoms with van der Waals surface area (Å²) in [6, 6.07) is 11.7. The number of aromatic nitrogens is 1. The summed E-state index contributed by atoms with van der Waals surface area (Å²) in [6.45, 7) is 0.594. The molecule has 1 amide bonds. The first-order chi connectivity index (χ1) is 7.36. The second-order valence-corrected chi connectivity index (χ2v) is 3.57. The van der Waals surface area contributed by atoms with Gasteiger partial charge in [0.15, 0.2) is 0 Å². The lowest BCUT2D eigenvalue weighted by atomic mass is 10.2. The average molecular weight is 198 g/mol. The molecule has 0 fully saturated rings. The van der Waals surface area contributed by atoms with Crippen LogP contribution >= 0.6 is 0 Å². The fourth-order valence-corrected chi connectivity index (χ4v) is 1.94. The predicted octanol–water partition coefficient (Wildman–Crippen LogP) is 1.72. The van der Waals surface area contributed by atoms with Gasteiger partial charge >= 0.3 is 0 Å². The predicted molar refractivity (Wildman–Crippen MR) is 56.9 cm³/mol. The van der Waals surface area contributed by atoms with Crippen LogP contribution in [0.15, 0.2) is 42.6 Å². The highest BCUT2D eigenvalue weighted by molar-refractivity contribution is 5.94. The molecule has 0 unspecified atom stereocenters. The quantitative estimate of drug-likeness (QED) is 0.687. The van der Waals surface area contributed by atoms with E-state index in [4.69, 9.17) is 0 Å². The summed E-state index contributed by atoms with van der Waals surface area (Å²) in [7, 11) is 0. The first kappa shape index (κ1) is 8.29. The molecule has 1 aromatic heterocycles. The SMILES string of the molecule is O=C1NCc2ccccc2-n2cccc21. The van der Waals surface area contributed by atoms with E-state index in [0.717, 1.165) is 11.3 Å². The van der Waals surface area contributed by atoms with Crippen molar-refractivity contribution in [2.75, 3.05) is 0 Å². The van der Waals surface area contributed by atoms with E-state index in [0.29, 0.717) is 12.2 Å². The third-order valence-electron chi connectivity index (χ3n) is 2.67. The highest BCUT2D eigenvalue weighted by Gasteiger charge is 2.17. The van der Waals surface area contributed by atoms with Crippen LogP contribution in [0.5, 0.6) is 0 Å². The van der Waals surface area contributed by atoms with Crippen LogP contribution in [0, 0.1) is 0 Å². The number of benzene rings is 1. The van der Waals surface area contributed by atoms with E-state index in [1.807, 2.05) is 47.2 Å². The van der Waals surface area contributed by atoms with Gasteiger partial charge in [0.05, 0.1) is 5.69 Å². The Morgan fingerprint density at radius 2 is 2.00 bits per heavy atom. The zero-order chi connectivity index (χ0) is 10.3. The molecule has 3 nitrogen and oxygen atoms in total. The molecule has 1 aliphatic rings. The van der Waals surface area contributed by atoms with Crippen molar-refractivity contribution in [1.29, 1.82) is 0 Å². The van der Waals surface area contributed by atoms with E-state index in [1.165, 1.54) is 0 Å². The van der Waals surface area contributed by atoms with Crippen LogP contribution in [0.4, 0.5) is 0 Å². The summed E-state index contributed by atoms with van der Waals surface area (Å²) in [4.78, 5) is 11.7. The van der Waals surface area contributed by atoms with Crippen LogP contribution in [0.3, 0.4) is 0 Å². The Bertz CT molecular complexity index is 528.